The molecule has 4 atom stereocenters. The summed E-state index contributed by atoms with van der Waals surface area (Å²) >= 11 is 0. The first kappa shape index (κ1) is 16.9. The van der Waals surface area contributed by atoms with Crippen LogP contribution in [0.3, 0.4) is 0 Å². The molecule has 4 unspecified atom stereocenters. The minimum atomic E-state index is -0.589. The highest BCUT2D eigenvalue weighted by Gasteiger charge is 2.72. The van der Waals surface area contributed by atoms with Gasteiger partial charge in [0.05, 0.1) is 5.60 Å². The average molecular weight is 348 g/mol. The van der Waals surface area contributed by atoms with Gasteiger partial charge in [-0.15, -0.1) is 12.4 Å². The van der Waals surface area contributed by atoms with E-state index in [9.17, 15) is 5.11 Å². The van der Waals surface area contributed by atoms with Crippen molar-refractivity contribution in [3.63, 3.8) is 0 Å². The molecule has 5 fully saturated rings. The average Bonchev–Trinajstić information content (AvgIpc) is 3.01. The third-order valence-electron chi connectivity index (χ3n) is 7.55. The number of piperidine rings is 1. The Bertz CT molecular complexity index is 558. The largest absolute Gasteiger partial charge is 0.385 e. The Balaban J connectivity index is 0.00000146. The van der Waals surface area contributed by atoms with Crippen molar-refractivity contribution < 1.29 is 5.11 Å². The molecule has 2 nitrogen and oxygen atoms in total. The molecule has 0 radical (unpaired) electrons. The highest BCUT2D eigenvalue weighted by Crippen LogP contribution is 2.76. The first-order valence-electron chi connectivity index (χ1n) is 9.77. The molecule has 1 aromatic carbocycles. The maximum absolute atomic E-state index is 11.9. The third kappa shape index (κ3) is 2.53. The fourth-order valence-electron chi connectivity index (χ4n) is 6.52. The Hall–Kier alpha value is -0.570. The van der Waals surface area contributed by atoms with E-state index in [2.05, 4.69) is 35.2 Å². The second-order valence-corrected chi connectivity index (χ2v) is 8.60. The number of nitrogens with zero attached hydrogens (tertiary/aromatic N) is 1. The number of aliphatic hydroxyl groups is 1. The van der Waals surface area contributed by atoms with Crippen molar-refractivity contribution >= 4 is 12.4 Å². The van der Waals surface area contributed by atoms with E-state index in [0.717, 1.165) is 36.6 Å². The molecule has 1 saturated heterocycles. The van der Waals surface area contributed by atoms with Crippen molar-refractivity contribution in [3.05, 3.63) is 35.9 Å². The number of rotatable bonds is 5. The summed E-state index contributed by atoms with van der Waals surface area (Å²) in [5.74, 6) is 4.10. The molecule has 6 rings (SSSR count). The molecule has 4 bridgehead atoms. The molecule has 0 aromatic heterocycles. The van der Waals surface area contributed by atoms with Crippen LogP contribution in [0.5, 0.6) is 0 Å². The zero-order valence-corrected chi connectivity index (χ0v) is 15.3. The fourth-order valence-corrected chi connectivity index (χ4v) is 6.52. The van der Waals surface area contributed by atoms with Crippen molar-refractivity contribution in [2.75, 3.05) is 19.6 Å². The summed E-state index contributed by atoms with van der Waals surface area (Å²) in [6.45, 7) is 3.53. The van der Waals surface area contributed by atoms with Crippen molar-refractivity contribution in [3.8, 4) is 0 Å². The quantitative estimate of drug-likeness (QED) is 0.867. The van der Waals surface area contributed by atoms with E-state index in [1.54, 1.807) is 0 Å². The molecule has 1 aliphatic heterocycles. The predicted molar refractivity (Wildman–Crippen MR) is 99.2 cm³/mol. The van der Waals surface area contributed by atoms with Crippen LogP contribution in [0.2, 0.25) is 0 Å². The van der Waals surface area contributed by atoms with E-state index in [1.807, 2.05) is 0 Å². The molecule has 132 valence electrons. The summed E-state index contributed by atoms with van der Waals surface area (Å²) in [5.41, 5.74) is 0.592. The molecule has 0 amide bonds. The van der Waals surface area contributed by atoms with Crippen LogP contribution in [0.15, 0.2) is 30.3 Å². The summed E-state index contributed by atoms with van der Waals surface area (Å²) < 4.78 is 0. The highest BCUT2D eigenvalue weighted by atomic mass is 35.5. The van der Waals surface area contributed by atoms with Gasteiger partial charge in [-0.25, -0.2) is 0 Å². The Labute approximate surface area is 152 Å². The molecule has 1 heterocycles. The number of hydrogen-bond acceptors (Lipinski definition) is 2. The lowest BCUT2D eigenvalue weighted by Crippen LogP contribution is -2.42. The summed E-state index contributed by atoms with van der Waals surface area (Å²) in [6, 6.07) is 10.6. The normalized spacial score (nSPS) is 39.3. The van der Waals surface area contributed by atoms with E-state index in [1.165, 1.54) is 50.8 Å². The van der Waals surface area contributed by atoms with Crippen molar-refractivity contribution in [1.29, 1.82) is 0 Å². The second-order valence-electron chi connectivity index (χ2n) is 8.60. The Morgan fingerprint density at radius 1 is 1.00 bits per heavy atom. The van der Waals surface area contributed by atoms with Gasteiger partial charge >= 0.3 is 0 Å². The second kappa shape index (κ2) is 6.30. The molecule has 4 aliphatic carbocycles. The van der Waals surface area contributed by atoms with Crippen LogP contribution < -0.4 is 0 Å². The van der Waals surface area contributed by atoms with Crippen molar-refractivity contribution in [2.45, 2.75) is 44.1 Å². The molecule has 1 aromatic rings. The molecule has 5 aliphatic rings. The maximum atomic E-state index is 11.9. The van der Waals surface area contributed by atoms with Gasteiger partial charge < -0.3 is 10.0 Å². The van der Waals surface area contributed by atoms with E-state index in [0.29, 0.717) is 5.92 Å². The molecule has 24 heavy (non-hydrogen) atoms. The minimum Gasteiger partial charge on any atom is -0.385 e. The van der Waals surface area contributed by atoms with Gasteiger partial charge in [-0.2, -0.15) is 0 Å². The summed E-state index contributed by atoms with van der Waals surface area (Å²) in [5, 5.41) is 11.9. The maximum Gasteiger partial charge on any atom is 0.0942 e. The molecule has 1 N–H and O–H groups in total. The van der Waals surface area contributed by atoms with Crippen LogP contribution in [0.4, 0.5) is 0 Å². The molecule has 4 saturated carbocycles. The van der Waals surface area contributed by atoms with Gasteiger partial charge in [-0.05, 0) is 80.3 Å². The van der Waals surface area contributed by atoms with Gasteiger partial charge in [0.2, 0.25) is 0 Å². The lowest BCUT2D eigenvalue weighted by atomic mass is 9.74. The molecule has 3 heteroatoms. The van der Waals surface area contributed by atoms with E-state index >= 15 is 0 Å². The SMILES string of the molecule is Cl.OC(CCN1CCCCC1)(c1ccccc1)C1C2CC3C(C2)C31. The Kier molecular flexibility index (Phi) is 4.43. The lowest BCUT2D eigenvalue weighted by Gasteiger charge is -2.39. The van der Waals surface area contributed by atoms with Gasteiger partial charge in [-0.1, -0.05) is 36.8 Å². The number of hydrogen-bond donors (Lipinski definition) is 1. The first-order chi connectivity index (χ1) is 11.3. The lowest BCUT2D eigenvalue weighted by molar-refractivity contribution is -0.0545. The summed E-state index contributed by atoms with van der Waals surface area (Å²) in [7, 11) is 0. The third-order valence-corrected chi connectivity index (χ3v) is 7.55. The standard InChI is InChI=1S/C21H29NO.ClH/c23-21(16-7-3-1-4-8-16,9-12-22-10-5-2-6-11-22)20-15-13-17-18(14-15)19(17)20;/h1,3-4,7-8,15,17-20,23H,2,5-6,9-14H2;1H. The van der Waals surface area contributed by atoms with Crippen LogP contribution in [0.25, 0.3) is 0 Å². The van der Waals surface area contributed by atoms with Gasteiger partial charge in [0, 0.05) is 6.54 Å². The number of likely N-dealkylation sites (tertiary alicyclic amines) is 1. The molecular weight excluding hydrogens is 318 g/mol. The first-order valence-corrected chi connectivity index (χ1v) is 9.77. The minimum absolute atomic E-state index is 0. The van der Waals surface area contributed by atoms with E-state index in [-0.39, 0.29) is 12.4 Å². The van der Waals surface area contributed by atoms with Crippen LogP contribution in [-0.4, -0.2) is 29.6 Å². The summed E-state index contributed by atoms with van der Waals surface area (Å²) in [4.78, 5) is 2.58. The monoisotopic (exact) mass is 347 g/mol. The Morgan fingerprint density at radius 3 is 2.25 bits per heavy atom. The van der Waals surface area contributed by atoms with Gasteiger partial charge in [0.1, 0.15) is 0 Å². The highest BCUT2D eigenvalue weighted by molar-refractivity contribution is 5.85. The van der Waals surface area contributed by atoms with Crippen molar-refractivity contribution in [1.82, 2.24) is 4.90 Å². The smallest absolute Gasteiger partial charge is 0.0942 e. The topological polar surface area (TPSA) is 23.5 Å². The Morgan fingerprint density at radius 2 is 1.67 bits per heavy atom. The predicted octanol–water partition coefficient (Wildman–Crippen LogP) is 4.07. The number of halogens is 1. The zero-order valence-electron chi connectivity index (χ0n) is 14.4. The van der Waals surface area contributed by atoms with Gasteiger partial charge in [0.25, 0.3) is 0 Å². The van der Waals surface area contributed by atoms with Crippen LogP contribution in [0, 0.1) is 29.6 Å². The van der Waals surface area contributed by atoms with Gasteiger partial charge in [-0.3, -0.25) is 0 Å². The van der Waals surface area contributed by atoms with Gasteiger partial charge in [0.15, 0.2) is 0 Å². The molecular formula is C21H30ClNO. The van der Waals surface area contributed by atoms with Crippen LogP contribution >= 0.6 is 12.4 Å². The zero-order chi connectivity index (χ0) is 15.4. The van der Waals surface area contributed by atoms with E-state index in [4.69, 9.17) is 0 Å². The van der Waals surface area contributed by atoms with Crippen LogP contribution in [-0.2, 0) is 5.60 Å². The molecule has 0 spiro atoms. The van der Waals surface area contributed by atoms with E-state index < -0.39 is 5.60 Å². The fraction of sp³-hybridized carbons (Fsp3) is 0.714. The van der Waals surface area contributed by atoms with Crippen molar-refractivity contribution in [2.24, 2.45) is 29.6 Å². The number of benzene rings is 1. The van der Waals surface area contributed by atoms with Crippen LogP contribution in [0.1, 0.15) is 44.1 Å². The summed E-state index contributed by atoms with van der Waals surface area (Å²) in [6.07, 6.45) is 7.78.